The molecule has 1 fully saturated rings. The van der Waals surface area contributed by atoms with Crippen molar-refractivity contribution in [2.45, 2.75) is 0 Å². The molecule has 0 radical (unpaired) electrons. The highest BCUT2D eigenvalue weighted by molar-refractivity contribution is 7.19. The standard InChI is InChI=1S/C32H30F2N8O2S/c1-41-13-15-42(16-14-41)25-18-21(9-10-26(25)44-2)38-32-36-12-11-24(39-32)29-28(40-31(35)45-29)19-5-3-6-20(17-19)37-30(43)27-22(33)7-4-8-23(27)34/h3-12,17-18H,13-16H2,1-2H3,(H2,35,40)(H,37,43)(H,36,38,39). The van der Waals surface area contributed by atoms with E-state index in [-0.39, 0.29) is 0 Å². The Morgan fingerprint density at radius 2 is 1.71 bits per heavy atom. The van der Waals surface area contributed by atoms with Gasteiger partial charge in [-0.25, -0.2) is 23.7 Å². The first kappa shape index (κ1) is 29.9. The van der Waals surface area contributed by atoms with E-state index >= 15 is 0 Å². The lowest BCUT2D eigenvalue weighted by Crippen LogP contribution is -2.44. The maximum atomic E-state index is 14.2. The van der Waals surface area contributed by atoms with Crippen molar-refractivity contribution in [1.82, 2.24) is 19.9 Å². The number of carbonyl (C=O) groups is 1. The summed E-state index contributed by atoms with van der Waals surface area (Å²) in [6.07, 6.45) is 1.65. The molecule has 0 bridgehead atoms. The predicted octanol–water partition coefficient (Wildman–Crippen LogP) is 5.88. The number of ether oxygens (including phenoxy) is 1. The van der Waals surface area contributed by atoms with E-state index in [2.05, 4.69) is 37.4 Å². The molecular weight excluding hydrogens is 598 g/mol. The van der Waals surface area contributed by atoms with Crippen molar-refractivity contribution in [1.29, 1.82) is 0 Å². The number of nitrogens with zero attached hydrogens (tertiary/aromatic N) is 5. The molecule has 1 aliphatic rings. The molecule has 45 heavy (non-hydrogen) atoms. The Labute approximate surface area is 262 Å². The number of nitrogen functional groups attached to an aromatic ring is 1. The summed E-state index contributed by atoms with van der Waals surface area (Å²) < 4.78 is 34.0. The van der Waals surface area contributed by atoms with E-state index in [0.29, 0.717) is 38.6 Å². The summed E-state index contributed by atoms with van der Waals surface area (Å²) >= 11 is 1.26. The second-order valence-electron chi connectivity index (χ2n) is 10.4. The molecule has 0 atom stereocenters. The van der Waals surface area contributed by atoms with Crippen molar-refractivity contribution in [3.05, 3.63) is 90.1 Å². The summed E-state index contributed by atoms with van der Waals surface area (Å²) in [4.78, 5) is 31.7. The number of thiazole rings is 1. The zero-order valence-electron chi connectivity index (χ0n) is 24.6. The minimum atomic E-state index is -0.948. The van der Waals surface area contributed by atoms with Crippen LogP contribution in [0.3, 0.4) is 0 Å². The van der Waals surface area contributed by atoms with Crippen LogP contribution in [0.4, 0.5) is 36.9 Å². The van der Waals surface area contributed by atoms with Gasteiger partial charge >= 0.3 is 0 Å². The van der Waals surface area contributed by atoms with Gasteiger partial charge in [0.1, 0.15) is 22.9 Å². The Bertz CT molecular complexity index is 1840. The number of likely N-dealkylation sites (N-methyl/N-ethyl adjacent to an activating group) is 1. The molecule has 1 saturated heterocycles. The van der Waals surface area contributed by atoms with Gasteiger partial charge in [-0.2, -0.15) is 0 Å². The Morgan fingerprint density at radius 3 is 2.47 bits per heavy atom. The van der Waals surface area contributed by atoms with Gasteiger partial charge in [-0.15, -0.1) is 0 Å². The molecule has 230 valence electrons. The monoisotopic (exact) mass is 628 g/mol. The maximum absolute atomic E-state index is 14.2. The molecule has 13 heteroatoms. The zero-order chi connectivity index (χ0) is 31.5. The number of piperazine rings is 1. The van der Waals surface area contributed by atoms with Crippen LogP contribution in [-0.4, -0.2) is 66.1 Å². The smallest absolute Gasteiger partial charge is 0.261 e. The molecule has 0 unspecified atom stereocenters. The Morgan fingerprint density at radius 1 is 0.956 bits per heavy atom. The van der Waals surface area contributed by atoms with E-state index < -0.39 is 23.1 Å². The van der Waals surface area contributed by atoms with E-state index in [0.717, 1.165) is 55.4 Å². The summed E-state index contributed by atoms with van der Waals surface area (Å²) in [5.74, 6) is -1.62. The van der Waals surface area contributed by atoms with Crippen LogP contribution >= 0.6 is 11.3 Å². The summed E-state index contributed by atoms with van der Waals surface area (Å²) in [5.41, 5.74) is 9.38. The average molecular weight is 629 g/mol. The Kier molecular flexibility index (Phi) is 8.54. The average Bonchev–Trinajstić information content (AvgIpc) is 3.43. The number of nitrogens with two attached hydrogens (primary N) is 1. The second kappa shape index (κ2) is 12.8. The first-order valence-electron chi connectivity index (χ1n) is 14.1. The number of benzene rings is 3. The summed E-state index contributed by atoms with van der Waals surface area (Å²) in [5, 5.41) is 6.19. The van der Waals surface area contributed by atoms with Crippen LogP contribution in [0, 0.1) is 11.6 Å². The number of anilines is 5. The third-order valence-corrected chi connectivity index (χ3v) is 8.30. The fourth-order valence-electron chi connectivity index (χ4n) is 5.10. The highest BCUT2D eigenvalue weighted by Crippen LogP contribution is 2.38. The number of nitrogens with one attached hydrogen (secondary N) is 2. The van der Waals surface area contributed by atoms with E-state index in [1.165, 1.54) is 17.4 Å². The molecule has 5 aromatic rings. The van der Waals surface area contributed by atoms with Crippen molar-refractivity contribution in [3.8, 4) is 27.6 Å². The maximum Gasteiger partial charge on any atom is 0.261 e. The van der Waals surface area contributed by atoms with Crippen LogP contribution in [0.2, 0.25) is 0 Å². The SMILES string of the molecule is COc1ccc(Nc2nccc(-c3sc(N)nc3-c3cccc(NC(=O)c4c(F)cccc4F)c3)n2)cc1N1CCN(C)CC1. The van der Waals surface area contributed by atoms with E-state index in [4.69, 9.17) is 15.5 Å². The molecule has 1 amide bonds. The Hall–Kier alpha value is -5.14. The lowest BCUT2D eigenvalue weighted by atomic mass is 10.1. The van der Waals surface area contributed by atoms with Gasteiger partial charge in [0.05, 0.1) is 29.1 Å². The quantitative estimate of drug-likeness (QED) is 0.193. The van der Waals surface area contributed by atoms with Gasteiger partial charge in [0.15, 0.2) is 5.13 Å². The largest absolute Gasteiger partial charge is 0.495 e. The molecular formula is C32H30F2N8O2S. The van der Waals surface area contributed by atoms with Gasteiger partial charge in [-0.3, -0.25) is 4.79 Å². The fraction of sp³-hybridized carbons (Fsp3) is 0.188. The number of rotatable bonds is 8. The first-order chi connectivity index (χ1) is 21.8. The van der Waals surface area contributed by atoms with Gasteiger partial charge in [-0.05, 0) is 55.6 Å². The fourth-order valence-corrected chi connectivity index (χ4v) is 5.92. The van der Waals surface area contributed by atoms with Crippen molar-refractivity contribution < 1.29 is 18.3 Å². The minimum Gasteiger partial charge on any atom is -0.495 e. The summed E-state index contributed by atoms with van der Waals surface area (Å²) in [6, 6.07) is 17.7. The molecule has 1 aliphatic heterocycles. The number of carbonyl (C=O) groups excluding carboxylic acids is 1. The van der Waals surface area contributed by atoms with Gasteiger partial charge < -0.3 is 30.9 Å². The zero-order valence-corrected chi connectivity index (χ0v) is 25.4. The number of halogens is 2. The van der Waals surface area contributed by atoms with Gasteiger partial charge in [0, 0.05) is 49.3 Å². The van der Waals surface area contributed by atoms with Gasteiger partial charge in [-0.1, -0.05) is 29.5 Å². The second-order valence-corrected chi connectivity index (χ2v) is 11.5. The molecule has 0 spiro atoms. The van der Waals surface area contributed by atoms with Crippen LogP contribution in [0.1, 0.15) is 10.4 Å². The molecule has 3 aromatic carbocycles. The lowest BCUT2D eigenvalue weighted by molar-refractivity contribution is 0.101. The number of methoxy groups -OCH3 is 1. The van der Waals surface area contributed by atoms with Crippen LogP contribution in [0.25, 0.3) is 21.8 Å². The molecule has 3 heterocycles. The first-order valence-corrected chi connectivity index (χ1v) is 14.9. The highest BCUT2D eigenvalue weighted by Gasteiger charge is 2.21. The number of hydrogen-bond acceptors (Lipinski definition) is 10. The molecule has 0 saturated carbocycles. The number of hydrogen-bond donors (Lipinski definition) is 3. The van der Waals surface area contributed by atoms with Crippen LogP contribution in [0.15, 0.2) is 72.9 Å². The van der Waals surface area contributed by atoms with E-state index in [1.807, 2.05) is 18.2 Å². The van der Waals surface area contributed by atoms with Crippen LogP contribution < -0.4 is 26.0 Å². The molecule has 6 rings (SSSR count). The molecule has 10 nitrogen and oxygen atoms in total. The highest BCUT2D eigenvalue weighted by atomic mass is 32.1. The van der Waals surface area contributed by atoms with Gasteiger partial charge in [0.25, 0.3) is 5.91 Å². The van der Waals surface area contributed by atoms with E-state index in [1.54, 1.807) is 43.6 Å². The lowest BCUT2D eigenvalue weighted by Gasteiger charge is -2.34. The van der Waals surface area contributed by atoms with Crippen molar-refractivity contribution in [2.24, 2.45) is 0 Å². The van der Waals surface area contributed by atoms with Gasteiger partial charge in [0.2, 0.25) is 5.95 Å². The number of aromatic nitrogens is 3. The molecule has 4 N–H and O–H groups in total. The summed E-state index contributed by atoms with van der Waals surface area (Å²) in [7, 11) is 3.78. The van der Waals surface area contributed by atoms with Crippen LogP contribution in [0.5, 0.6) is 5.75 Å². The summed E-state index contributed by atoms with van der Waals surface area (Å²) in [6.45, 7) is 3.71. The predicted molar refractivity (Wildman–Crippen MR) is 173 cm³/mol. The normalized spacial score (nSPS) is 13.5. The van der Waals surface area contributed by atoms with Crippen molar-refractivity contribution in [3.63, 3.8) is 0 Å². The molecule has 2 aromatic heterocycles. The Balaban J connectivity index is 1.26. The third kappa shape index (κ3) is 6.54. The number of amides is 1. The minimum absolute atomic E-state index is 0.322. The van der Waals surface area contributed by atoms with Crippen LogP contribution in [-0.2, 0) is 0 Å². The van der Waals surface area contributed by atoms with Crippen molar-refractivity contribution >= 4 is 45.4 Å². The topological polar surface area (TPSA) is 122 Å². The van der Waals surface area contributed by atoms with E-state index in [9.17, 15) is 13.6 Å². The third-order valence-electron chi connectivity index (χ3n) is 7.39. The molecule has 0 aliphatic carbocycles. The van der Waals surface area contributed by atoms with Crippen molar-refractivity contribution in [2.75, 3.05) is 61.6 Å².